The fourth-order valence-electron chi connectivity index (χ4n) is 2.11. The van der Waals surface area contributed by atoms with Crippen LogP contribution in [0.3, 0.4) is 0 Å². The van der Waals surface area contributed by atoms with Gasteiger partial charge in [0.25, 0.3) is 0 Å². The Labute approximate surface area is 118 Å². The summed E-state index contributed by atoms with van der Waals surface area (Å²) >= 11 is 5.77. The van der Waals surface area contributed by atoms with E-state index in [1.165, 1.54) is 12.8 Å². The SMILES string of the molecule is O=C(COCC1CCCNC1)Nc1ccc(Cl)cc1. The average Bonchev–Trinajstić information content (AvgIpc) is 2.43. The Balaban J connectivity index is 1.65. The minimum atomic E-state index is -0.133. The number of rotatable bonds is 5. The van der Waals surface area contributed by atoms with Crippen LogP contribution in [-0.2, 0) is 9.53 Å². The Morgan fingerprint density at radius 3 is 2.89 bits per heavy atom. The molecule has 1 unspecified atom stereocenters. The van der Waals surface area contributed by atoms with E-state index >= 15 is 0 Å². The molecule has 0 bridgehead atoms. The van der Waals surface area contributed by atoms with Gasteiger partial charge in [0.2, 0.25) is 5.91 Å². The van der Waals surface area contributed by atoms with E-state index < -0.39 is 0 Å². The van der Waals surface area contributed by atoms with Gasteiger partial charge in [0.15, 0.2) is 0 Å². The van der Waals surface area contributed by atoms with Crippen molar-refractivity contribution in [3.8, 4) is 0 Å². The lowest BCUT2D eigenvalue weighted by atomic mass is 10.0. The van der Waals surface area contributed by atoms with Crippen LogP contribution >= 0.6 is 11.6 Å². The molecule has 1 saturated heterocycles. The zero-order valence-corrected chi connectivity index (χ0v) is 11.6. The van der Waals surface area contributed by atoms with Crippen LogP contribution in [0, 0.1) is 5.92 Å². The molecular formula is C14H19ClN2O2. The molecule has 1 aliphatic rings. The van der Waals surface area contributed by atoms with Gasteiger partial charge >= 0.3 is 0 Å². The standard InChI is InChI=1S/C14H19ClN2O2/c15-12-3-5-13(6-4-12)17-14(18)10-19-9-11-2-1-7-16-8-11/h3-6,11,16H,1-2,7-10H2,(H,17,18). The minimum Gasteiger partial charge on any atom is -0.371 e. The average molecular weight is 283 g/mol. The Bertz CT molecular complexity index is 402. The van der Waals surface area contributed by atoms with E-state index in [0.29, 0.717) is 17.5 Å². The summed E-state index contributed by atoms with van der Waals surface area (Å²) in [5.74, 6) is 0.392. The van der Waals surface area contributed by atoms with Crippen molar-refractivity contribution in [2.75, 3.05) is 31.6 Å². The van der Waals surface area contributed by atoms with Gasteiger partial charge in [-0.15, -0.1) is 0 Å². The van der Waals surface area contributed by atoms with Crippen LogP contribution in [0.2, 0.25) is 5.02 Å². The molecule has 0 saturated carbocycles. The van der Waals surface area contributed by atoms with Crippen molar-refractivity contribution in [1.29, 1.82) is 0 Å². The molecule has 1 heterocycles. The molecule has 0 aromatic heterocycles. The molecule has 1 aliphatic heterocycles. The smallest absolute Gasteiger partial charge is 0.250 e. The molecular weight excluding hydrogens is 264 g/mol. The highest BCUT2D eigenvalue weighted by molar-refractivity contribution is 6.30. The monoisotopic (exact) mass is 282 g/mol. The molecule has 19 heavy (non-hydrogen) atoms. The summed E-state index contributed by atoms with van der Waals surface area (Å²) < 4.78 is 5.45. The molecule has 2 N–H and O–H groups in total. The number of ether oxygens (including phenoxy) is 1. The maximum Gasteiger partial charge on any atom is 0.250 e. The van der Waals surface area contributed by atoms with Gasteiger partial charge in [-0.3, -0.25) is 4.79 Å². The highest BCUT2D eigenvalue weighted by Gasteiger charge is 2.13. The first-order valence-corrected chi connectivity index (χ1v) is 6.96. The lowest BCUT2D eigenvalue weighted by molar-refractivity contribution is -0.121. The lowest BCUT2D eigenvalue weighted by Crippen LogP contribution is -2.33. The summed E-state index contributed by atoms with van der Waals surface area (Å²) in [5, 5.41) is 6.75. The summed E-state index contributed by atoms with van der Waals surface area (Å²) in [6.07, 6.45) is 2.36. The predicted octanol–water partition coefficient (Wildman–Crippen LogP) is 2.29. The first kappa shape index (κ1) is 14.3. The first-order valence-electron chi connectivity index (χ1n) is 6.58. The van der Waals surface area contributed by atoms with Crippen LogP contribution in [0.15, 0.2) is 24.3 Å². The highest BCUT2D eigenvalue weighted by atomic mass is 35.5. The second-order valence-electron chi connectivity index (χ2n) is 4.78. The van der Waals surface area contributed by atoms with Crippen molar-refractivity contribution >= 4 is 23.2 Å². The van der Waals surface area contributed by atoms with Crippen molar-refractivity contribution in [1.82, 2.24) is 5.32 Å². The van der Waals surface area contributed by atoms with E-state index in [0.717, 1.165) is 18.8 Å². The summed E-state index contributed by atoms with van der Waals surface area (Å²) in [5.41, 5.74) is 0.734. The molecule has 104 valence electrons. The number of carbonyl (C=O) groups is 1. The molecule has 1 aromatic carbocycles. The van der Waals surface area contributed by atoms with Gasteiger partial charge in [-0.1, -0.05) is 11.6 Å². The molecule has 0 spiro atoms. The van der Waals surface area contributed by atoms with Gasteiger partial charge < -0.3 is 15.4 Å². The van der Waals surface area contributed by atoms with Crippen molar-refractivity contribution in [2.45, 2.75) is 12.8 Å². The van der Waals surface area contributed by atoms with Crippen molar-refractivity contribution in [2.24, 2.45) is 5.92 Å². The highest BCUT2D eigenvalue weighted by Crippen LogP contribution is 2.13. The second kappa shape index (κ2) is 7.48. The third-order valence-corrected chi connectivity index (χ3v) is 3.37. The number of hydrogen-bond acceptors (Lipinski definition) is 3. The fourth-order valence-corrected chi connectivity index (χ4v) is 2.24. The molecule has 1 aromatic rings. The topological polar surface area (TPSA) is 50.4 Å². The van der Waals surface area contributed by atoms with Crippen LogP contribution in [0.25, 0.3) is 0 Å². The van der Waals surface area contributed by atoms with E-state index in [4.69, 9.17) is 16.3 Å². The molecule has 1 amide bonds. The number of halogens is 1. The lowest BCUT2D eigenvalue weighted by Gasteiger charge is -2.22. The second-order valence-corrected chi connectivity index (χ2v) is 5.22. The Morgan fingerprint density at radius 2 is 2.21 bits per heavy atom. The van der Waals surface area contributed by atoms with Crippen molar-refractivity contribution < 1.29 is 9.53 Å². The van der Waals surface area contributed by atoms with E-state index in [1.54, 1.807) is 24.3 Å². The van der Waals surface area contributed by atoms with Crippen LogP contribution in [0.5, 0.6) is 0 Å². The van der Waals surface area contributed by atoms with Gasteiger partial charge in [0, 0.05) is 17.3 Å². The quantitative estimate of drug-likeness (QED) is 0.871. The number of amides is 1. The number of piperidine rings is 1. The molecule has 4 nitrogen and oxygen atoms in total. The van der Waals surface area contributed by atoms with Crippen LogP contribution < -0.4 is 10.6 Å². The fraction of sp³-hybridized carbons (Fsp3) is 0.500. The normalized spacial score (nSPS) is 19.1. The number of hydrogen-bond donors (Lipinski definition) is 2. The van der Waals surface area contributed by atoms with Gasteiger partial charge in [-0.2, -0.15) is 0 Å². The van der Waals surface area contributed by atoms with Gasteiger partial charge in [-0.05, 0) is 49.6 Å². The van der Waals surface area contributed by atoms with E-state index in [-0.39, 0.29) is 12.5 Å². The van der Waals surface area contributed by atoms with Crippen LogP contribution in [0.4, 0.5) is 5.69 Å². The molecule has 1 fully saturated rings. The van der Waals surface area contributed by atoms with E-state index in [9.17, 15) is 4.79 Å². The van der Waals surface area contributed by atoms with Gasteiger partial charge in [0.1, 0.15) is 6.61 Å². The Kier molecular flexibility index (Phi) is 5.63. The number of anilines is 1. The van der Waals surface area contributed by atoms with Gasteiger partial charge in [0.05, 0.1) is 6.61 Å². The summed E-state index contributed by atoms with van der Waals surface area (Å²) in [6.45, 7) is 2.81. The zero-order chi connectivity index (χ0) is 13.5. The van der Waals surface area contributed by atoms with Crippen molar-refractivity contribution in [3.05, 3.63) is 29.3 Å². The van der Waals surface area contributed by atoms with E-state index in [2.05, 4.69) is 10.6 Å². The molecule has 0 radical (unpaired) electrons. The molecule has 1 atom stereocenters. The Morgan fingerprint density at radius 1 is 1.42 bits per heavy atom. The third-order valence-electron chi connectivity index (χ3n) is 3.11. The van der Waals surface area contributed by atoms with E-state index in [1.807, 2.05) is 0 Å². The van der Waals surface area contributed by atoms with Crippen LogP contribution in [0.1, 0.15) is 12.8 Å². The maximum absolute atomic E-state index is 11.7. The molecule has 2 rings (SSSR count). The third kappa shape index (κ3) is 5.19. The zero-order valence-electron chi connectivity index (χ0n) is 10.8. The summed E-state index contributed by atoms with van der Waals surface area (Å²) in [4.78, 5) is 11.7. The first-order chi connectivity index (χ1) is 9.24. The predicted molar refractivity (Wildman–Crippen MR) is 76.5 cm³/mol. The molecule has 5 heteroatoms. The van der Waals surface area contributed by atoms with Gasteiger partial charge in [-0.25, -0.2) is 0 Å². The number of benzene rings is 1. The molecule has 0 aliphatic carbocycles. The van der Waals surface area contributed by atoms with Crippen molar-refractivity contribution in [3.63, 3.8) is 0 Å². The number of carbonyl (C=O) groups excluding carboxylic acids is 1. The maximum atomic E-state index is 11.7. The summed E-state index contributed by atoms with van der Waals surface area (Å²) in [6, 6.07) is 7.02. The van der Waals surface area contributed by atoms with Crippen LogP contribution in [-0.4, -0.2) is 32.2 Å². The largest absolute Gasteiger partial charge is 0.371 e. The minimum absolute atomic E-state index is 0.0964. The number of nitrogens with one attached hydrogen (secondary N) is 2. The summed E-state index contributed by atoms with van der Waals surface area (Å²) in [7, 11) is 0. The Hall–Kier alpha value is -1.10.